The summed E-state index contributed by atoms with van der Waals surface area (Å²) < 4.78 is 0. The van der Waals surface area contributed by atoms with Gasteiger partial charge in [-0.2, -0.15) is 0 Å². The summed E-state index contributed by atoms with van der Waals surface area (Å²) in [6, 6.07) is 0.351. The van der Waals surface area contributed by atoms with E-state index in [4.69, 9.17) is 0 Å². The maximum Gasteiger partial charge on any atom is 0.222 e. The van der Waals surface area contributed by atoms with Crippen LogP contribution in [-0.2, 0) is 4.79 Å². The molecule has 1 atom stereocenters. The monoisotopic (exact) mass is 185 g/mol. The minimum atomic E-state index is 0.281. The van der Waals surface area contributed by atoms with Gasteiger partial charge in [0.05, 0.1) is 0 Å². The molecular formula is C11H23NO. The highest BCUT2D eigenvalue weighted by Gasteiger charge is 2.17. The van der Waals surface area contributed by atoms with E-state index < -0.39 is 0 Å². The molecule has 0 aromatic heterocycles. The summed E-state index contributed by atoms with van der Waals surface area (Å²) in [5, 5.41) is 0. The third-order valence-electron chi connectivity index (χ3n) is 2.71. The van der Waals surface area contributed by atoms with Gasteiger partial charge >= 0.3 is 0 Å². The van der Waals surface area contributed by atoms with Crippen LogP contribution in [0, 0.1) is 5.92 Å². The molecule has 0 aliphatic heterocycles. The molecule has 78 valence electrons. The molecule has 1 amide bonds. The number of carbonyl (C=O) groups excluding carboxylic acids is 1. The summed E-state index contributed by atoms with van der Waals surface area (Å²) in [4.78, 5) is 13.4. The first-order chi connectivity index (χ1) is 6.00. The summed E-state index contributed by atoms with van der Waals surface area (Å²) in [5.74, 6) is 0.818. The number of amides is 1. The highest BCUT2D eigenvalue weighted by Crippen LogP contribution is 2.10. The van der Waals surface area contributed by atoms with Gasteiger partial charge in [-0.15, -0.1) is 0 Å². The van der Waals surface area contributed by atoms with Crippen molar-refractivity contribution in [3.05, 3.63) is 0 Å². The number of unbranched alkanes of at least 4 members (excludes halogenated alkanes) is 1. The van der Waals surface area contributed by atoms with E-state index in [9.17, 15) is 4.79 Å². The number of rotatable bonds is 5. The fourth-order valence-corrected chi connectivity index (χ4v) is 1.18. The van der Waals surface area contributed by atoms with Crippen LogP contribution in [0.25, 0.3) is 0 Å². The molecule has 0 aromatic carbocycles. The van der Waals surface area contributed by atoms with Crippen molar-refractivity contribution in [3.63, 3.8) is 0 Å². The largest absolute Gasteiger partial charge is 0.343 e. The maximum atomic E-state index is 11.6. The van der Waals surface area contributed by atoms with Crippen LogP contribution >= 0.6 is 0 Å². The van der Waals surface area contributed by atoms with Gasteiger partial charge in [-0.05, 0) is 19.3 Å². The third kappa shape index (κ3) is 4.30. The first kappa shape index (κ1) is 12.5. The summed E-state index contributed by atoms with van der Waals surface area (Å²) >= 11 is 0. The zero-order valence-electron chi connectivity index (χ0n) is 9.63. The van der Waals surface area contributed by atoms with E-state index in [1.54, 1.807) is 0 Å². The summed E-state index contributed by atoms with van der Waals surface area (Å²) in [6.45, 7) is 8.51. The third-order valence-corrected chi connectivity index (χ3v) is 2.71. The van der Waals surface area contributed by atoms with Crippen LogP contribution in [0.4, 0.5) is 0 Å². The van der Waals surface area contributed by atoms with Crippen molar-refractivity contribution in [1.29, 1.82) is 0 Å². The van der Waals surface area contributed by atoms with Crippen LogP contribution in [-0.4, -0.2) is 23.9 Å². The molecule has 0 radical (unpaired) electrons. The lowest BCUT2D eigenvalue weighted by atomic mass is 10.0. The highest BCUT2D eigenvalue weighted by atomic mass is 16.2. The smallest absolute Gasteiger partial charge is 0.222 e. The standard InChI is InChI=1S/C11H23NO/c1-6-7-8-11(13)12(5)10(4)9(2)3/h9-10H,6-8H2,1-5H3/t10-/m1/s1. The Hall–Kier alpha value is -0.530. The highest BCUT2D eigenvalue weighted by molar-refractivity contribution is 5.76. The van der Waals surface area contributed by atoms with Crippen molar-refractivity contribution in [2.45, 2.75) is 53.0 Å². The molecule has 0 bridgehead atoms. The zero-order valence-corrected chi connectivity index (χ0v) is 9.63. The van der Waals surface area contributed by atoms with E-state index in [0.717, 1.165) is 12.8 Å². The van der Waals surface area contributed by atoms with E-state index in [1.165, 1.54) is 0 Å². The minimum Gasteiger partial charge on any atom is -0.343 e. The molecule has 13 heavy (non-hydrogen) atoms. The van der Waals surface area contributed by atoms with Gasteiger partial charge in [0.15, 0.2) is 0 Å². The van der Waals surface area contributed by atoms with Crippen LogP contribution in [0.5, 0.6) is 0 Å². The van der Waals surface area contributed by atoms with Crippen molar-refractivity contribution in [2.75, 3.05) is 7.05 Å². The van der Waals surface area contributed by atoms with Crippen molar-refractivity contribution in [3.8, 4) is 0 Å². The average molecular weight is 185 g/mol. The van der Waals surface area contributed by atoms with Gasteiger partial charge in [0.1, 0.15) is 0 Å². The molecular weight excluding hydrogens is 162 g/mol. The summed E-state index contributed by atoms with van der Waals surface area (Å²) in [7, 11) is 1.91. The van der Waals surface area contributed by atoms with Gasteiger partial charge in [-0.1, -0.05) is 27.2 Å². The van der Waals surface area contributed by atoms with Crippen molar-refractivity contribution in [1.82, 2.24) is 4.90 Å². The van der Waals surface area contributed by atoms with Crippen molar-refractivity contribution in [2.24, 2.45) is 5.92 Å². The lowest BCUT2D eigenvalue weighted by Crippen LogP contribution is -2.38. The van der Waals surface area contributed by atoms with Gasteiger partial charge in [0.25, 0.3) is 0 Å². The SMILES string of the molecule is CCCCC(=O)N(C)[C@H](C)C(C)C. The molecule has 0 aromatic rings. The first-order valence-electron chi connectivity index (χ1n) is 5.26. The van der Waals surface area contributed by atoms with Crippen molar-refractivity contribution < 1.29 is 4.79 Å². The number of hydrogen-bond acceptors (Lipinski definition) is 1. The Morgan fingerprint density at radius 1 is 1.31 bits per heavy atom. The zero-order chi connectivity index (χ0) is 10.4. The molecule has 0 N–H and O–H groups in total. The Morgan fingerprint density at radius 3 is 2.23 bits per heavy atom. The fraction of sp³-hybridized carbons (Fsp3) is 0.909. The average Bonchev–Trinajstić information content (AvgIpc) is 2.11. The molecule has 0 heterocycles. The fourth-order valence-electron chi connectivity index (χ4n) is 1.18. The Morgan fingerprint density at radius 2 is 1.85 bits per heavy atom. The molecule has 0 aliphatic carbocycles. The van der Waals surface area contributed by atoms with Crippen LogP contribution < -0.4 is 0 Å². The summed E-state index contributed by atoms with van der Waals surface area (Å²) in [5.41, 5.74) is 0. The molecule has 0 saturated heterocycles. The molecule has 0 fully saturated rings. The van der Waals surface area contributed by atoms with E-state index in [2.05, 4.69) is 27.7 Å². The molecule has 2 heteroatoms. The molecule has 0 unspecified atom stereocenters. The maximum absolute atomic E-state index is 11.6. The topological polar surface area (TPSA) is 20.3 Å². The lowest BCUT2D eigenvalue weighted by Gasteiger charge is -2.28. The molecule has 0 saturated carbocycles. The van der Waals surface area contributed by atoms with Gasteiger partial charge in [0, 0.05) is 19.5 Å². The second kappa shape index (κ2) is 6.01. The van der Waals surface area contributed by atoms with Gasteiger partial charge in [0.2, 0.25) is 5.91 Å². The normalized spacial score (nSPS) is 13.1. The lowest BCUT2D eigenvalue weighted by molar-refractivity contribution is -0.132. The molecule has 2 nitrogen and oxygen atoms in total. The van der Waals surface area contributed by atoms with Gasteiger partial charge in [-0.25, -0.2) is 0 Å². The van der Waals surface area contributed by atoms with Gasteiger partial charge in [-0.3, -0.25) is 4.79 Å². The Kier molecular flexibility index (Phi) is 5.76. The van der Waals surface area contributed by atoms with Gasteiger partial charge < -0.3 is 4.90 Å². The second-order valence-electron chi connectivity index (χ2n) is 4.09. The van der Waals surface area contributed by atoms with Crippen LogP contribution in [0.3, 0.4) is 0 Å². The van der Waals surface area contributed by atoms with E-state index in [1.807, 2.05) is 11.9 Å². The number of hydrogen-bond donors (Lipinski definition) is 0. The van der Waals surface area contributed by atoms with E-state index in [0.29, 0.717) is 18.4 Å². The van der Waals surface area contributed by atoms with Crippen LogP contribution in [0.2, 0.25) is 0 Å². The van der Waals surface area contributed by atoms with Crippen LogP contribution in [0.1, 0.15) is 47.0 Å². The van der Waals surface area contributed by atoms with E-state index >= 15 is 0 Å². The molecule has 0 spiro atoms. The van der Waals surface area contributed by atoms with E-state index in [-0.39, 0.29) is 5.91 Å². The molecule has 0 aliphatic rings. The second-order valence-corrected chi connectivity index (χ2v) is 4.09. The Labute approximate surface area is 82.3 Å². The Bertz CT molecular complexity index is 154. The molecule has 0 rings (SSSR count). The Balaban J connectivity index is 3.94. The quantitative estimate of drug-likeness (QED) is 0.645. The predicted octanol–water partition coefficient (Wildman–Crippen LogP) is 2.68. The number of nitrogens with zero attached hydrogens (tertiary/aromatic N) is 1. The predicted molar refractivity (Wildman–Crippen MR) is 56.6 cm³/mol. The van der Waals surface area contributed by atoms with Crippen LogP contribution in [0.15, 0.2) is 0 Å². The first-order valence-corrected chi connectivity index (χ1v) is 5.26. The minimum absolute atomic E-state index is 0.281. The number of carbonyl (C=O) groups is 1. The van der Waals surface area contributed by atoms with Crippen molar-refractivity contribution >= 4 is 5.91 Å². The summed E-state index contributed by atoms with van der Waals surface area (Å²) in [6.07, 6.45) is 2.80.